The Morgan fingerprint density at radius 2 is 1.91 bits per heavy atom. The first kappa shape index (κ1) is 22.2. The summed E-state index contributed by atoms with van der Waals surface area (Å²) in [4.78, 5) is 43.8. The van der Waals surface area contributed by atoms with Crippen LogP contribution in [0.5, 0.6) is 5.75 Å². The van der Waals surface area contributed by atoms with E-state index in [1.165, 1.54) is 11.3 Å². The number of benzene rings is 2. The number of carbonyl (C=O) groups excluding carboxylic acids is 3. The summed E-state index contributed by atoms with van der Waals surface area (Å²) in [6.07, 6.45) is 0.452. The highest BCUT2D eigenvalue weighted by Crippen LogP contribution is 2.45. The largest absolute Gasteiger partial charge is 0.497 e. The number of hydrogen-bond acceptors (Lipinski definition) is 5. The summed E-state index contributed by atoms with van der Waals surface area (Å²) in [5.41, 5.74) is 3.12. The number of hydrogen-bond donors (Lipinski definition) is 1. The SMILES string of the molecule is CNC(=O)[C@@H]1C[C@H]2CN(Cc3ccc(OC)cc3)C(=O)c3cccc(c32)N1C(=O)c1cccs1. The first-order valence-electron chi connectivity index (χ1n) is 11.2. The van der Waals surface area contributed by atoms with E-state index in [-0.39, 0.29) is 23.6 Å². The molecular formula is C26H25N3O4S. The summed E-state index contributed by atoms with van der Waals surface area (Å²) in [5, 5.41) is 4.56. The van der Waals surface area contributed by atoms with Gasteiger partial charge >= 0.3 is 0 Å². The second kappa shape index (κ2) is 8.95. The molecule has 3 amide bonds. The first-order valence-corrected chi connectivity index (χ1v) is 12.0. The molecule has 34 heavy (non-hydrogen) atoms. The number of ether oxygens (including phenoxy) is 1. The van der Waals surface area contributed by atoms with Gasteiger partial charge in [-0.15, -0.1) is 11.3 Å². The van der Waals surface area contributed by atoms with E-state index in [1.807, 2.05) is 52.7 Å². The topological polar surface area (TPSA) is 79.0 Å². The molecule has 3 aromatic rings. The Labute approximate surface area is 201 Å². The van der Waals surface area contributed by atoms with E-state index >= 15 is 0 Å². The summed E-state index contributed by atoms with van der Waals surface area (Å²) >= 11 is 1.34. The van der Waals surface area contributed by atoms with Crippen LogP contribution in [-0.2, 0) is 11.3 Å². The quantitative estimate of drug-likeness (QED) is 0.611. The van der Waals surface area contributed by atoms with Gasteiger partial charge < -0.3 is 15.0 Å². The highest BCUT2D eigenvalue weighted by molar-refractivity contribution is 7.12. The van der Waals surface area contributed by atoms with Crippen molar-refractivity contribution in [2.24, 2.45) is 0 Å². The molecule has 3 heterocycles. The monoisotopic (exact) mass is 475 g/mol. The van der Waals surface area contributed by atoms with Crippen LogP contribution in [-0.4, -0.2) is 49.4 Å². The Morgan fingerprint density at radius 1 is 1.12 bits per heavy atom. The maximum Gasteiger partial charge on any atom is 0.269 e. The zero-order chi connectivity index (χ0) is 23.8. The number of thiophene rings is 1. The van der Waals surface area contributed by atoms with Gasteiger partial charge in [0.2, 0.25) is 5.91 Å². The number of nitrogens with one attached hydrogen (secondary N) is 1. The number of anilines is 1. The van der Waals surface area contributed by atoms with E-state index in [0.29, 0.717) is 35.6 Å². The highest BCUT2D eigenvalue weighted by atomic mass is 32.1. The maximum atomic E-state index is 13.5. The number of methoxy groups -OCH3 is 1. The van der Waals surface area contributed by atoms with Crippen molar-refractivity contribution in [3.8, 4) is 5.75 Å². The lowest BCUT2D eigenvalue weighted by Crippen LogP contribution is -2.54. The third-order valence-corrected chi connectivity index (χ3v) is 7.42. The smallest absolute Gasteiger partial charge is 0.269 e. The van der Waals surface area contributed by atoms with Crippen molar-refractivity contribution < 1.29 is 19.1 Å². The van der Waals surface area contributed by atoms with E-state index in [0.717, 1.165) is 16.9 Å². The Kier molecular flexibility index (Phi) is 5.83. The molecule has 0 fully saturated rings. The first-order chi connectivity index (χ1) is 16.5. The second-order valence-corrected chi connectivity index (χ2v) is 9.43. The van der Waals surface area contributed by atoms with Crippen LogP contribution in [0.4, 0.5) is 5.69 Å². The molecule has 0 radical (unpaired) electrons. The molecule has 0 bridgehead atoms. The number of likely N-dealkylation sites (N-methyl/N-ethyl adjacent to an activating group) is 1. The van der Waals surface area contributed by atoms with Gasteiger partial charge in [0.1, 0.15) is 11.8 Å². The summed E-state index contributed by atoms with van der Waals surface area (Å²) < 4.78 is 5.23. The molecule has 8 heteroatoms. The van der Waals surface area contributed by atoms with Crippen molar-refractivity contribution in [2.45, 2.75) is 24.9 Å². The standard InChI is InChI=1S/C26H25N3O4S/c1-27-24(30)21-13-17-15-28(14-16-8-10-18(33-2)11-9-16)25(31)19-5-3-6-20(23(17)19)29(21)26(32)22-7-4-12-34-22/h3-12,17,21H,13-15H2,1-2H3,(H,27,30)/t17-,21-/m0/s1. The van der Waals surface area contributed by atoms with Crippen LogP contribution in [0, 0.1) is 0 Å². The summed E-state index contributed by atoms with van der Waals surface area (Å²) in [7, 11) is 3.21. The molecule has 0 saturated heterocycles. The van der Waals surface area contributed by atoms with Crippen molar-refractivity contribution >= 4 is 34.7 Å². The molecule has 2 aliphatic heterocycles. The number of nitrogens with zero attached hydrogens (tertiary/aromatic N) is 2. The minimum absolute atomic E-state index is 0.0446. The molecule has 174 valence electrons. The Balaban J connectivity index is 1.53. The minimum Gasteiger partial charge on any atom is -0.497 e. The zero-order valence-corrected chi connectivity index (χ0v) is 19.8. The van der Waals surface area contributed by atoms with Crippen molar-refractivity contribution in [3.05, 3.63) is 81.5 Å². The molecule has 0 unspecified atom stereocenters. The fourth-order valence-electron chi connectivity index (χ4n) is 4.97. The third-order valence-electron chi connectivity index (χ3n) is 6.56. The Hall–Kier alpha value is -3.65. The lowest BCUT2D eigenvalue weighted by molar-refractivity contribution is -0.122. The minimum atomic E-state index is -0.650. The molecule has 2 atom stereocenters. The van der Waals surface area contributed by atoms with E-state index in [2.05, 4.69) is 5.32 Å². The number of amides is 3. The van der Waals surface area contributed by atoms with Crippen molar-refractivity contribution in [1.82, 2.24) is 10.2 Å². The predicted octanol–water partition coefficient (Wildman–Crippen LogP) is 3.66. The third kappa shape index (κ3) is 3.74. The molecule has 2 aliphatic rings. The Morgan fingerprint density at radius 3 is 2.59 bits per heavy atom. The van der Waals surface area contributed by atoms with Gasteiger partial charge in [-0.1, -0.05) is 24.3 Å². The normalized spacial score (nSPS) is 18.9. The van der Waals surface area contributed by atoms with Crippen molar-refractivity contribution in [3.63, 3.8) is 0 Å². The van der Waals surface area contributed by atoms with Gasteiger partial charge in [-0.05, 0) is 53.3 Å². The lowest BCUT2D eigenvalue weighted by Gasteiger charge is -2.44. The van der Waals surface area contributed by atoms with Gasteiger partial charge in [-0.2, -0.15) is 0 Å². The average Bonchev–Trinajstić information content (AvgIpc) is 3.41. The predicted molar refractivity (Wildman–Crippen MR) is 131 cm³/mol. The Bertz CT molecular complexity index is 1240. The molecule has 2 aromatic carbocycles. The van der Waals surface area contributed by atoms with Gasteiger partial charge in [-0.3, -0.25) is 19.3 Å². The van der Waals surface area contributed by atoms with Crippen LogP contribution in [0.2, 0.25) is 0 Å². The summed E-state index contributed by atoms with van der Waals surface area (Å²) in [6.45, 7) is 0.953. The van der Waals surface area contributed by atoms with Crippen molar-refractivity contribution in [1.29, 1.82) is 0 Å². The van der Waals surface area contributed by atoms with Gasteiger partial charge in [-0.25, -0.2) is 0 Å². The van der Waals surface area contributed by atoms with E-state index in [4.69, 9.17) is 4.74 Å². The number of carbonyl (C=O) groups is 3. The van der Waals surface area contributed by atoms with Gasteiger partial charge in [0.25, 0.3) is 11.8 Å². The molecule has 1 aromatic heterocycles. The maximum absolute atomic E-state index is 13.5. The van der Waals surface area contributed by atoms with Gasteiger partial charge in [0.15, 0.2) is 0 Å². The van der Waals surface area contributed by atoms with Crippen LogP contribution < -0.4 is 15.0 Å². The fourth-order valence-corrected chi connectivity index (χ4v) is 5.63. The fraction of sp³-hybridized carbons (Fsp3) is 0.269. The molecular weight excluding hydrogens is 450 g/mol. The van der Waals surface area contributed by atoms with Gasteiger partial charge in [0.05, 0.1) is 12.0 Å². The lowest BCUT2D eigenvalue weighted by atomic mass is 9.79. The molecule has 1 N–H and O–H groups in total. The van der Waals surface area contributed by atoms with E-state index < -0.39 is 6.04 Å². The highest BCUT2D eigenvalue weighted by Gasteiger charge is 2.45. The van der Waals surface area contributed by atoms with Crippen LogP contribution in [0.25, 0.3) is 0 Å². The summed E-state index contributed by atoms with van der Waals surface area (Å²) in [6, 6.07) is 16.1. The molecule has 0 spiro atoms. The number of rotatable bonds is 5. The van der Waals surface area contributed by atoms with Crippen LogP contribution in [0.15, 0.2) is 60.0 Å². The van der Waals surface area contributed by atoms with Crippen LogP contribution >= 0.6 is 11.3 Å². The van der Waals surface area contributed by atoms with Crippen LogP contribution in [0.3, 0.4) is 0 Å². The van der Waals surface area contributed by atoms with Crippen LogP contribution in [0.1, 0.15) is 43.5 Å². The second-order valence-electron chi connectivity index (χ2n) is 8.49. The van der Waals surface area contributed by atoms with Gasteiger partial charge in [0, 0.05) is 37.3 Å². The van der Waals surface area contributed by atoms with Crippen molar-refractivity contribution in [2.75, 3.05) is 25.6 Å². The molecule has 0 saturated carbocycles. The molecule has 0 aliphatic carbocycles. The average molecular weight is 476 g/mol. The van der Waals surface area contributed by atoms with E-state index in [9.17, 15) is 14.4 Å². The van der Waals surface area contributed by atoms with E-state index in [1.54, 1.807) is 31.2 Å². The molecule has 5 rings (SSSR count). The zero-order valence-electron chi connectivity index (χ0n) is 19.0. The molecule has 7 nitrogen and oxygen atoms in total. The summed E-state index contributed by atoms with van der Waals surface area (Å²) in [5.74, 6) is 0.228.